The van der Waals surface area contributed by atoms with Crippen molar-refractivity contribution in [2.45, 2.75) is 271 Å². The van der Waals surface area contributed by atoms with Crippen LogP contribution in [0.1, 0.15) is 265 Å². The van der Waals surface area contributed by atoms with Crippen molar-refractivity contribution < 1.29 is 28.6 Å². The summed E-state index contributed by atoms with van der Waals surface area (Å²) in [5.41, 5.74) is 0. The van der Waals surface area contributed by atoms with Crippen LogP contribution in [0, 0.1) is 0 Å². The molecule has 0 aromatic heterocycles. The molecule has 0 aliphatic rings. The summed E-state index contributed by atoms with van der Waals surface area (Å²) in [6, 6.07) is 0. The first-order valence-corrected chi connectivity index (χ1v) is 29.4. The summed E-state index contributed by atoms with van der Waals surface area (Å²) < 4.78 is 16.8. The summed E-state index contributed by atoms with van der Waals surface area (Å²) >= 11 is 0. The number of allylic oxidation sites excluding steroid dienone is 18. The second-order valence-electron chi connectivity index (χ2n) is 19.2. The fourth-order valence-corrected chi connectivity index (χ4v) is 7.82. The van der Waals surface area contributed by atoms with Crippen LogP contribution in [0.15, 0.2) is 109 Å². The zero-order chi connectivity index (χ0) is 51.4. The lowest BCUT2D eigenvalue weighted by Gasteiger charge is -2.18. The second kappa shape index (κ2) is 58.6. The topological polar surface area (TPSA) is 78.9 Å². The number of esters is 3. The van der Waals surface area contributed by atoms with Gasteiger partial charge in [0.1, 0.15) is 13.2 Å². The van der Waals surface area contributed by atoms with E-state index in [2.05, 4.69) is 130 Å². The zero-order valence-electron chi connectivity index (χ0n) is 46.2. The highest BCUT2D eigenvalue weighted by atomic mass is 16.6. The minimum atomic E-state index is -0.807. The van der Waals surface area contributed by atoms with E-state index < -0.39 is 6.10 Å². The Morgan fingerprint density at radius 2 is 0.549 bits per heavy atom. The number of unbranched alkanes of at least 4 members (excludes halogenated alkanes) is 23. The molecule has 0 radical (unpaired) electrons. The van der Waals surface area contributed by atoms with Crippen LogP contribution in [0.25, 0.3) is 0 Å². The number of carbonyl (C=O) groups excluding carboxylic acids is 3. The SMILES string of the molecule is CC/C=C\C/C=C\C/C=C\C/C=C\CCCCCCC(=O)OC[C@H](COC(=O)CCCCC/C=C\C/C=C\C/C=C\C/C=C\CCCCC)OC(=O)CCCCCCCCC/C=C\CCCCCCCC. The maximum atomic E-state index is 12.9. The summed E-state index contributed by atoms with van der Waals surface area (Å²) in [4.78, 5) is 38.2. The smallest absolute Gasteiger partial charge is 0.306 e. The largest absolute Gasteiger partial charge is 0.462 e. The highest BCUT2D eigenvalue weighted by molar-refractivity contribution is 5.71. The lowest BCUT2D eigenvalue weighted by Crippen LogP contribution is -2.30. The Morgan fingerprint density at radius 3 is 0.915 bits per heavy atom. The standard InChI is InChI=1S/C65H108O6/c1-4-7-10-13-16-19-22-25-28-31-32-35-37-40-43-46-49-52-55-58-64(67)70-61-62(71-65(68)59-56-53-50-47-44-41-38-34-30-27-24-21-18-15-12-9-6-3)60-69-63(66)57-54-51-48-45-42-39-36-33-29-26-23-20-17-14-11-8-5-2/h8,11,16-17,19-20,25-30,32,35-36,39-40,43,62H,4-7,9-10,12-15,18,21-24,31,33-34,37-38,41-42,44-61H2,1-3H3/b11-8-,19-16-,20-17-,28-25-,29-26-,30-27-,35-32-,39-36-,43-40-/t62-/m1/s1. The van der Waals surface area contributed by atoms with E-state index >= 15 is 0 Å². The summed E-state index contributed by atoms with van der Waals surface area (Å²) in [6.07, 6.45) is 79.3. The third kappa shape index (κ3) is 56.9. The summed E-state index contributed by atoms with van der Waals surface area (Å²) in [5.74, 6) is -0.959. The number of hydrogen-bond donors (Lipinski definition) is 0. The van der Waals surface area contributed by atoms with Crippen LogP contribution in [0.3, 0.4) is 0 Å². The second-order valence-corrected chi connectivity index (χ2v) is 19.2. The molecule has 0 spiro atoms. The van der Waals surface area contributed by atoms with Crippen molar-refractivity contribution in [3.8, 4) is 0 Å². The van der Waals surface area contributed by atoms with Crippen LogP contribution in [-0.2, 0) is 28.6 Å². The van der Waals surface area contributed by atoms with E-state index in [0.29, 0.717) is 19.3 Å². The monoisotopic (exact) mass is 985 g/mol. The van der Waals surface area contributed by atoms with Crippen molar-refractivity contribution in [1.29, 1.82) is 0 Å². The molecule has 404 valence electrons. The summed E-state index contributed by atoms with van der Waals surface area (Å²) in [5, 5.41) is 0. The molecule has 0 amide bonds. The molecule has 0 aliphatic carbocycles. The van der Waals surface area contributed by atoms with Crippen LogP contribution in [0.5, 0.6) is 0 Å². The maximum Gasteiger partial charge on any atom is 0.306 e. The lowest BCUT2D eigenvalue weighted by molar-refractivity contribution is -0.167. The first-order valence-electron chi connectivity index (χ1n) is 29.4. The van der Waals surface area contributed by atoms with E-state index in [1.165, 1.54) is 103 Å². The molecule has 0 fully saturated rings. The Morgan fingerprint density at radius 1 is 0.296 bits per heavy atom. The van der Waals surface area contributed by atoms with Crippen molar-refractivity contribution in [3.05, 3.63) is 109 Å². The average molecular weight is 986 g/mol. The van der Waals surface area contributed by atoms with E-state index in [-0.39, 0.29) is 31.1 Å². The Bertz CT molecular complexity index is 1460. The molecule has 6 heteroatoms. The quantitative estimate of drug-likeness (QED) is 0.0261. The predicted molar refractivity (Wildman–Crippen MR) is 307 cm³/mol. The molecule has 0 heterocycles. The Balaban J connectivity index is 4.50. The molecule has 0 bridgehead atoms. The van der Waals surface area contributed by atoms with Gasteiger partial charge in [-0.2, -0.15) is 0 Å². The molecule has 0 saturated heterocycles. The van der Waals surface area contributed by atoms with E-state index in [4.69, 9.17) is 14.2 Å². The van der Waals surface area contributed by atoms with Gasteiger partial charge in [-0.25, -0.2) is 0 Å². The highest BCUT2D eigenvalue weighted by Gasteiger charge is 2.19. The predicted octanol–water partition coefficient (Wildman–Crippen LogP) is 19.9. The van der Waals surface area contributed by atoms with Crippen LogP contribution in [0.4, 0.5) is 0 Å². The molecule has 0 aromatic rings. The van der Waals surface area contributed by atoms with Crippen LogP contribution >= 0.6 is 0 Å². The Kier molecular flexibility index (Phi) is 55.4. The molecule has 0 rings (SSSR count). The van der Waals surface area contributed by atoms with Crippen molar-refractivity contribution in [2.24, 2.45) is 0 Å². The Labute approximate surface area is 438 Å². The van der Waals surface area contributed by atoms with Gasteiger partial charge in [0.25, 0.3) is 0 Å². The van der Waals surface area contributed by atoms with Crippen molar-refractivity contribution in [1.82, 2.24) is 0 Å². The Hall–Kier alpha value is -3.93. The third-order valence-corrected chi connectivity index (χ3v) is 12.2. The molecular formula is C65H108O6. The highest BCUT2D eigenvalue weighted by Crippen LogP contribution is 2.14. The van der Waals surface area contributed by atoms with Gasteiger partial charge < -0.3 is 14.2 Å². The first-order chi connectivity index (χ1) is 35.0. The normalized spacial score (nSPS) is 12.9. The zero-order valence-corrected chi connectivity index (χ0v) is 46.2. The molecule has 1 atom stereocenters. The number of rotatable bonds is 52. The summed E-state index contributed by atoms with van der Waals surface area (Å²) in [6.45, 7) is 6.45. The number of carbonyl (C=O) groups is 3. The average Bonchev–Trinajstić information content (AvgIpc) is 3.37. The molecule has 0 aromatic carbocycles. The number of hydrogen-bond acceptors (Lipinski definition) is 6. The van der Waals surface area contributed by atoms with E-state index in [1.807, 2.05) is 0 Å². The summed E-state index contributed by atoms with van der Waals surface area (Å²) in [7, 11) is 0. The van der Waals surface area contributed by atoms with Gasteiger partial charge in [0, 0.05) is 19.3 Å². The lowest BCUT2D eigenvalue weighted by atomic mass is 10.1. The van der Waals surface area contributed by atoms with E-state index in [9.17, 15) is 14.4 Å². The fraction of sp³-hybridized carbons (Fsp3) is 0.677. The molecular weight excluding hydrogens is 877 g/mol. The molecule has 6 nitrogen and oxygen atoms in total. The van der Waals surface area contributed by atoms with Crippen molar-refractivity contribution in [2.75, 3.05) is 13.2 Å². The van der Waals surface area contributed by atoms with E-state index in [1.54, 1.807) is 0 Å². The van der Waals surface area contributed by atoms with Crippen molar-refractivity contribution in [3.63, 3.8) is 0 Å². The van der Waals surface area contributed by atoms with Gasteiger partial charge in [-0.05, 0) is 128 Å². The van der Waals surface area contributed by atoms with Gasteiger partial charge in [0.05, 0.1) is 0 Å². The van der Waals surface area contributed by atoms with Gasteiger partial charge in [-0.15, -0.1) is 0 Å². The fourth-order valence-electron chi connectivity index (χ4n) is 7.82. The van der Waals surface area contributed by atoms with Gasteiger partial charge in [0.2, 0.25) is 0 Å². The van der Waals surface area contributed by atoms with E-state index in [0.717, 1.165) is 122 Å². The molecule has 71 heavy (non-hydrogen) atoms. The third-order valence-electron chi connectivity index (χ3n) is 12.2. The minimum absolute atomic E-state index is 0.104. The maximum absolute atomic E-state index is 12.9. The van der Waals surface area contributed by atoms with Gasteiger partial charge in [0.15, 0.2) is 6.10 Å². The molecule has 0 unspecified atom stereocenters. The molecule has 0 saturated carbocycles. The van der Waals surface area contributed by atoms with Crippen LogP contribution in [-0.4, -0.2) is 37.2 Å². The minimum Gasteiger partial charge on any atom is -0.462 e. The molecule has 0 N–H and O–H groups in total. The van der Waals surface area contributed by atoms with Gasteiger partial charge in [-0.1, -0.05) is 226 Å². The van der Waals surface area contributed by atoms with Crippen LogP contribution < -0.4 is 0 Å². The first kappa shape index (κ1) is 67.1. The molecule has 0 aliphatic heterocycles. The van der Waals surface area contributed by atoms with Gasteiger partial charge in [-0.3, -0.25) is 14.4 Å². The van der Waals surface area contributed by atoms with Crippen molar-refractivity contribution >= 4 is 17.9 Å². The van der Waals surface area contributed by atoms with Crippen LogP contribution in [0.2, 0.25) is 0 Å². The number of ether oxygens (including phenoxy) is 3. The van der Waals surface area contributed by atoms with Gasteiger partial charge >= 0.3 is 17.9 Å².